The van der Waals surface area contributed by atoms with Crippen molar-refractivity contribution in [3.8, 4) is 0 Å². The molecule has 0 saturated heterocycles. The van der Waals surface area contributed by atoms with Crippen LogP contribution in [0.1, 0.15) is 29.9 Å². The number of thiophene rings is 1. The quantitative estimate of drug-likeness (QED) is 0.436. The molecule has 1 aromatic carbocycles. The second-order valence-corrected chi connectivity index (χ2v) is 9.85. The van der Waals surface area contributed by atoms with Crippen LogP contribution < -0.4 is 5.56 Å². The average molecular weight is 441 g/mol. The molecule has 6 nitrogen and oxygen atoms in total. The molecule has 0 N–H and O–H groups in total. The van der Waals surface area contributed by atoms with E-state index < -0.39 is 0 Å². The molecule has 8 heteroatoms. The van der Waals surface area contributed by atoms with Crippen LogP contribution in [0.15, 0.2) is 40.3 Å². The summed E-state index contributed by atoms with van der Waals surface area (Å²) in [6.45, 7) is 5.49. The molecule has 1 aliphatic heterocycles. The highest BCUT2D eigenvalue weighted by Gasteiger charge is 2.29. The van der Waals surface area contributed by atoms with E-state index in [2.05, 4.69) is 40.6 Å². The Morgan fingerprint density at radius 2 is 2.07 bits per heavy atom. The number of thioether (sulfide) groups is 1. The van der Waals surface area contributed by atoms with E-state index >= 15 is 0 Å². The Labute approximate surface area is 182 Å². The van der Waals surface area contributed by atoms with Gasteiger partial charge in [0.05, 0.1) is 18.1 Å². The molecule has 0 fully saturated rings. The highest BCUT2D eigenvalue weighted by molar-refractivity contribution is 7.98. The number of aryl methyl sites for hydroxylation is 2. The summed E-state index contributed by atoms with van der Waals surface area (Å²) in [6, 6.07) is 10.3. The predicted molar refractivity (Wildman–Crippen MR) is 122 cm³/mol. The number of rotatable bonds is 5. The molecule has 0 radical (unpaired) electrons. The summed E-state index contributed by atoms with van der Waals surface area (Å²) in [4.78, 5) is 15.8. The average Bonchev–Trinajstić information content (AvgIpc) is 3.35. The lowest BCUT2D eigenvalue weighted by atomic mass is 9.96. The van der Waals surface area contributed by atoms with Crippen molar-refractivity contribution in [2.75, 3.05) is 6.26 Å². The number of benzene rings is 1. The summed E-state index contributed by atoms with van der Waals surface area (Å²) in [5.41, 5.74) is 2.39. The van der Waals surface area contributed by atoms with Crippen molar-refractivity contribution in [1.82, 2.24) is 19.2 Å². The first kappa shape index (κ1) is 19.8. The maximum absolute atomic E-state index is 13.7. The van der Waals surface area contributed by atoms with E-state index in [0.717, 1.165) is 38.7 Å². The molecule has 1 aliphatic rings. The van der Waals surface area contributed by atoms with E-state index in [1.807, 2.05) is 24.5 Å². The zero-order valence-corrected chi connectivity index (χ0v) is 18.9. The molecule has 0 unspecified atom stereocenters. The molecule has 30 heavy (non-hydrogen) atoms. The first-order chi connectivity index (χ1) is 14.6. The summed E-state index contributed by atoms with van der Waals surface area (Å²) < 4.78 is 9.93. The summed E-state index contributed by atoms with van der Waals surface area (Å²) >= 11 is 3.20. The Bertz CT molecular complexity index is 1270. The van der Waals surface area contributed by atoms with Crippen LogP contribution in [0.4, 0.5) is 0 Å². The molecule has 0 aliphatic carbocycles. The Hall–Kier alpha value is -2.16. The van der Waals surface area contributed by atoms with E-state index in [1.165, 1.54) is 5.56 Å². The molecule has 5 rings (SSSR count). The molecular weight excluding hydrogens is 416 g/mol. The van der Waals surface area contributed by atoms with Crippen LogP contribution >= 0.6 is 23.1 Å². The number of nitrogens with zero attached hydrogens (tertiary/aromatic N) is 4. The van der Waals surface area contributed by atoms with Gasteiger partial charge in [-0.2, -0.15) is 0 Å². The predicted octanol–water partition coefficient (Wildman–Crippen LogP) is 4.17. The van der Waals surface area contributed by atoms with E-state index in [9.17, 15) is 4.79 Å². The van der Waals surface area contributed by atoms with Crippen LogP contribution in [-0.4, -0.2) is 31.5 Å². The van der Waals surface area contributed by atoms with Crippen molar-refractivity contribution >= 4 is 39.1 Å². The van der Waals surface area contributed by atoms with Gasteiger partial charge in [0, 0.05) is 17.8 Å². The number of fused-ring (bicyclic) bond motifs is 5. The third-order valence-electron chi connectivity index (χ3n) is 5.82. The van der Waals surface area contributed by atoms with Crippen LogP contribution in [0.5, 0.6) is 0 Å². The Kier molecular flexibility index (Phi) is 5.16. The first-order valence-electron chi connectivity index (χ1n) is 10.2. The van der Waals surface area contributed by atoms with E-state index in [0.29, 0.717) is 24.8 Å². The van der Waals surface area contributed by atoms with Gasteiger partial charge in [-0.25, -0.2) is 4.40 Å². The molecule has 0 saturated carbocycles. The maximum Gasteiger partial charge on any atom is 0.263 e. The molecule has 0 amide bonds. The van der Waals surface area contributed by atoms with Crippen molar-refractivity contribution < 1.29 is 4.74 Å². The van der Waals surface area contributed by atoms with Crippen LogP contribution in [0.2, 0.25) is 0 Å². The maximum atomic E-state index is 13.7. The molecule has 1 atom stereocenters. The zero-order chi connectivity index (χ0) is 20.8. The Balaban J connectivity index is 1.71. The van der Waals surface area contributed by atoms with Crippen molar-refractivity contribution in [3.63, 3.8) is 0 Å². The summed E-state index contributed by atoms with van der Waals surface area (Å²) in [5, 5.41) is 10.4. The first-order valence-corrected chi connectivity index (χ1v) is 12.2. The van der Waals surface area contributed by atoms with Crippen LogP contribution in [0.3, 0.4) is 0 Å². The molecule has 0 bridgehead atoms. The molecule has 4 heterocycles. The third kappa shape index (κ3) is 3.18. The fourth-order valence-electron chi connectivity index (χ4n) is 4.14. The third-order valence-corrected chi connectivity index (χ3v) is 7.64. The Morgan fingerprint density at radius 1 is 1.27 bits per heavy atom. The van der Waals surface area contributed by atoms with Gasteiger partial charge in [-0.05, 0) is 29.7 Å². The van der Waals surface area contributed by atoms with Crippen molar-refractivity contribution in [3.05, 3.63) is 56.7 Å². The van der Waals surface area contributed by atoms with Gasteiger partial charge in [0.25, 0.3) is 5.56 Å². The van der Waals surface area contributed by atoms with Crippen LogP contribution in [0, 0.1) is 5.92 Å². The normalized spacial score (nSPS) is 16.6. The van der Waals surface area contributed by atoms with Gasteiger partial charge in [-0.15, -0.1) is 21.5 Å². The van der Waals surface area contributed by atoms with Crippen molar-refractivity contribution in [2.45, 2.75) is 51.1 Å². The summed E-state index contributed by atoms with van der Waals surface area (Å²) in [7, 11) is 0. The van der Waals surface area contributed by atoms with E-state index in [1.54, 1.807) is 27.7 Å². The van der Waals surface area contributed by atoms with Gasteiger partial charge in [0.2, 0.25) is 5.78 Å². The summed E-state index contributed by atoms with van der Waals surface area (Å²) in [6.07, 6.45) is 3.69. The van der Waals surface area contributed by atoms with Gasteiger partial charge >= 0.3 is 0 Å². The topological polar surface area (TPSA) is 61.4 Å². The molecule has 4 aromatic rings. The largest absolute Gasteiger partial charge is 0.372 e. The highest BCUT2D eigenvalue weighted by Crippen LogP contribution is 2.37. The van der Waals surface area contributed by atoms with E-state index in [-0.39, 0.29) is 11.7 Å². The minimum Gasteiger partial charge on any atom is -0.372 e. The highest BCUT2D eigenvalue weighted by atomic mass is 32.2. The molecule has 0 spiro atoms. The standard InChI is InChI=1S/C22H24N4O2S2/c1-13(2)16-11-15-17(12-28-16)30-20-18(15)19(27)25(10-9-14-7-5-4-6-8-14)21-23-24-22(29-3)26(20)21/h4-8,13,16H,9-12H2,1-3H3/t16-/m1/s1. The van der Waals surface area contributed by atoms with Gasteiger partial charge in [0.1, 0.15) is 4.83 Å². The van der Waals surface area contributed by atoms with Gasteiger partial charge in [0.15, 0.2) is 5.16 Å². The minimum atomic E-state index is 0.0374. The number of ether oxygens (including phenoxy) is 1. The van der Waals surface area contributed by atoms with Gasteiger partial charge < -0.3 is 4.74 Å². The smallest absolute Gasteiger partial charge is 0.263 e. The zero-order valence-electron chi connectivity index (χ0n) is 17.3. The number of aromatic nitrogens is 4. The van der Waals surface area contributed by atoms with E-state index in [4.69, 9.17) is 4.74 Å². The van der Waals surface area contributed by atoms with Crippen molar-refractivity contribution in [1.29, 1.82) is 0 Å². The lowest BCUT2D eigenvalue weighted by Gasteiger charge is -2.26. The minimum absolute atomic E-state index is 0.0374. The summed E-state index contributed by atoms with van der Waals surface area (Å²) in [5.74, 6) is 1.03. The van der Waals surface area contributed by atoms with Crippen molar-refractivity contribution in [2.24, 2.45) is 5.92 Å². The molecular formula is C22H24N4O2S2. The number of hydrogen-bond donors (Lipinski definition) is 0. The van der Waals surface area contributed by atoms with Crippen LogP contribution in [0.25, 0.3) is 16.0 Å². The van der Waals surface area contributed by atoms with Crippen LogP contribution in [-0.2, 0) is 30.7 Å². The SMILES string of the molecule is CSc1nnc2n(CCc3ccccc3)c(=O)c3c4c(sc3n12)CO[C@@H](C(C)C)C4. The van der Waals surface area contributed by atoms with Gasteiger partial charge in [-0.1, -0.05) is 55.9 Å². The number of hydrogen-bond acceptors (Lipinski definition) is 6. The second-order valence-electron chi connectivity index (χ2n) is 8.00. The van der Waals surface area contributed by atoms with Gasteiger partial charge in [-0.3, -0.25) is 9.36 Å². The fourth-order valence-corrected chi connectivity index (χ4v) is 5.92. The second kappa shape index (κ2) is 7.83. The fraction of sp³-hybridized carbons (Fsp3) is 0.409. The molecule has 156 valence electrons. The lowest BCUT2D eigenvalue weighted by Crippen LogP contribution is -2.29. The monoisotopic (exact) mass is 440 g/mol. The molecule has 3 aromatic heterocycles. The Morgan fingerprint density at radius 3 is 2.80 bits per heavy atom. The lowest BCUT2D eigenvalue weighted by molar-refractivity contribution is 0.00200.